The summed E-state index contributed by atoms with van der Waals surface area (Å²) >= 11 is 5.91. The molecule has 4 nitrogen and oxygen atoms in total. The van der Waals surface area contributed by atoms with E-state index < -0.39 is 6.04 Å². The lowest BCUT2D eigenvalue weighted by molar-refractivity contribution is -0.143. The van der Waals surface area contributed by atoms with Crippen molar-refractivity contribution in [2.75, 3.05) is 0 Å². The van der Waals surface area contributed by atoms with Gasteiger partial charge in [-0.3, -0.25) is 19.3 Å². The number of likely N-dealkylation sites (tertiary alicyclic amines) is 1. The van der Waals surface area contributed by atoms with Gasteiger partial charge < -0.3 is 0 Å². The minimum atomic E-state index is -0.687. The summed E-state index contributed by atoms with van der Waals surface area (Å²) in [5.41, 5.74) is 1.36. The van der Waals surface area contributed by atoms with Gasteiger partial charge in [0.1, 0.15) is 6.04 Å². The molecule has 0 unspecified atom stereocenters. The zero-order chi connectivity index (χ0) is 13.9. The van der Waals surface area contributed by atoms with E-state index in [1.807, 2.05) is 0 Å². The first kappa shape index (κ1) is 12.4. The number of benzene rings is 1. The maximum atomic E-state index is 12.4. The SMILES string of the molecule is CC(=O)N1C(=O)[C@@H](C)[C@H]2c3ccc(Cl)cc3C(=O)[C@H]21. The molecule has 0 spiro atoms. The third kappa shape index (κ3) is 1.49. The number of carbonyl (C=O) groups excluding carboxylic acids is 3. The van der Waals surface area contributed by atoms with Gasteiger partial charge in [0.05, 0.1) is 0 Å². The summed E-state index contributed by atoms with van der Waals surface area (Å²) in [6.07, 6.45) is 0. The molecular weight excluding hydrogens is 266 g/mol. The Kier molecular flexibility index (Phi) is 2.54. The van der Waals surface area contributed by atoms with Crippen molar-refractivity contribution in [3.63, 3.8) is 0 Å². The van der Waals surface area contributed by atoms with Crippen LogP contribution in [0.4, 0.5) is 0 Å². The Morgan fingerprint density at radius 3 is 2.63 bits per heavy atom. The van der Waals surface area contributed by atoms with E-state index in [-0.39, 0.29) is 29.4 Å². The van der Waals surface area contributed by atoms with E-state index >= 15 is 0 Å². The Balaban J connectivity index is 2.18. The van der Waals surface area contributed by atoms with Gasteiger partial charge in [0.25, 0.3) is 0 Å². The number of imide groups is 1. The predicted molar refractivity (Wildman–Crippen MR) is 69.0 cm³/mol. The second-order valence-corrected chi connectivity index (χ2v) is 5.52. The van der Waals surface area contributed by atoms with E-state index in [1.54, 1.807) is 25.1 Å². The van der Waals surface area contributed by atoms with Crippen LogP contribution in [0.15, 0.2) is 18.2 Å². The van der Waals surface area contributed by atoms with Crippen LogP contribution in [0.25, 0.3) is 0 Å². The normalized spacial score (nSPS) is 28.6. The highest BCUT2D eigenvalue weighted by molar-refractivity contribution is 6.31. The van der Waals surface area contributed by atoms with Gasteiger partial charge in [0.2, 0.25) is 11.8 Å². The molecule has 1 aliphatic heterocycles. The number of amides is 2. The first-order valence-electron chi connectivity index (χ1n) is 6.10. The number of ketones is 1. The zero-order valence-corrected chi connectivity index (χ0v) is 11.3. The fourth-order valence-electron chi connectivity index (χ4n) is 3.21. The maximum absolute atomic E-state index is 12.4. The second kappa shape index (κ2) is 3.90. The van der Waals surface area contributed by atoms with Crippen LogP contribution in [0, 0.1) is 5.92 Å². The number of hydrogen-bond acceptors (Lipinski definition) is 3. The summed E-state index contributed by atoms with van der Waals surface area (Å²) in [7, 11) is 0. The first-order chi connectivity index (χ1) is 8.93. The molecule has 0 N–H and O–H groups in total. The molecular formula is C14H12ClNO3. The van der Waals surface area contributed by atoms with Gasteiger partial charge in [-0.15, -0.1) is 0 Å². The van der Waals surface area contributed by atoms with E-state index in [9.17, 15) is 14.4 Å². The first-order valence-corrected chi connectivity index (χ1v) is 6.48. The average molecular weight is 278 g/mol. The molecule has 1 heterocycles. The third-order valence-electron chi connectivity index (χ3n) is 4.03. The molecule has 0 radical (unpaired) electrons. The fraction of sp³-hybridized carbons (Fsp3) is 0.357. The second-order valence-electron chi connectivity index (χ2n) is 5.08. The molecule has 0 bridgehead atoms. The number of nitrogens with zero attached hydrogens (tertiary/aromatic N) is 1. The van der Waals surface area contributed by atoms with E-state index in [0.29, 0.717) is 10.6 Å². The number of fused-ring (bicyclic) bond motifs is 3. The Bertz CT molecular complexity index is 625. The van der Waals surface area contributed by atoms with E-state index in [2.05, 4.69) is 0 Å². The molecule has 1 aromatic rings. The molecule has 98 valence electrons. The van der Waals surface area contributed by atoms with Gasteiger partial charge >= 0.3 is 0 Å². The van der Waals surface area contributed by atoms with Gasteiger partial charge in [-0.25, -0.2) is 0 Å². The van der Waals surface area contributed by atoms with Gasteiger partial charge in [-0.2, -0.15) is 0 Å². The van der Waals surface area contributed by atoms with Gasteiger partial charge in [-0.1, -0.05) is 24.6 Å². The molecule has 3 rings (SSSR count). The van der Waals surface area contributed by atoms with Crippen LogP contribution in [0.3, 0.4) is 0 Å². The van der Waals surface area contributed by atoms with Crippen molar-refractivity contribution in [1.82, 2.24) is 4.90 Å². The Labute approximate surface area is 115 Å². The standard InChI is InChI=1S/C14H12ClNO3/c1-6-11-9-4-3-8(15)5-10(9)13(18)12(11)16(7(2)17)14(6)19/h3-6,11-12H,1-2H3/t6-,11-,12-/m0/s1. The summed E-state index contributed by atoms with van der Waals surface area (Å²) in [5.74, 6) is -1.43. The fourth-order valence-corrected chi connectivity index (χ4v) is 3.38. The van der Waals surface area contributed by atoms with Gasteiger partial charge in [-0.05, 0) is 17.7 Å². The quantitative estimate of drug-likeness (QED) is 0.729. The summed E-state index contributed by atoms with van der Waals surface area (Å²) in [6.45, 7) is 3.08. The highest BCUT2D eigenvalue weighted by Crippen LogP contribution is 2.47. The Morgan fingerprint density at radius 1 is 1.32 bits per heavy atom. The smallest absolute Gasteiger partial charge is 0.233 e. The molecule has 1 fully saturated rings. The predicted octanol–water partition coefficient (Wildman–Crippen LogP) is 2.01. The van der Waals surface area contributed by atoms with Crippen molar-refractivity contribution in [2.24, 2.45) is 5.92 Å². The van der Waals surface area contributed by atoms with Gasteiger partial charge in [0, 0.05) is 29.3 Å². The Hall–Kier alpha value is -1.68. The zero-order valence-electron chi connectivity index (χ0n) is 10.5. The molecule has 2 aliphatic rings. The van der Waals surface area contributed by atoms with Crippen molar-refractivity contribution in [3.8, 4) is 0 Å². The molecule has 0 saturated carbocycles. The molecule has 2 amide bonds. The van der Waals surface area contributed by atoms with Crippen molar-refractivity contribution in [3.05, 3.63) is 34.3 Å². The van der Waals surface area contributed by atoms with Crippen LogP contribution in [0.5, 0.6) is 0 Å². The highest BCUT2D eigenvalue weighted by atomic mass is 35.5. The van der Waals surface area contributed by atoms with Crippen LogP contribution in [-0.4, -0.2) is 28.5 Å². The minimum Gasteiger partial charge on any atom is -0.292 e. The summed E-state index contributed by atoms with van der Waals surface area (Å²) in [5, 5.41) is 0.487. The Morgan fingerprint density at radius 2 is 2.00 bits per heavy atom. The number of hydrogen-bond donors (Lipinski definition) is 0. The number of halogens is 1. The molecule has 3 atom stereocenters. The topological polar surface area (TPSA) is 54.5 Å². The van der Waals surface area contributed by atoms with Gasteiger partial charge in [0.15, 0.2) is 5.78 Å². The van der Waals surface area contributed by atoms with Crippen LogP contribution < -0.4 is 0 Å². The largest absolute Gasteiger partial charge is 0.292 e. The molecule has 1 aromatic carbocycles. The molecule has 5 heteroatoms. The van der Waals surface area contributed by atoms with Crippen LogP contribution >= 0.6 is 11.6 Å². The molecule has 19 heavy (non-hydrogen) atoms. The van der Waals surface area contributed by atoms with Crippen molar-refractivity contribution in [1.29, 1.82) is 0 Å². The molecule has 1 aliphatic carbocycles. The van der Waals surface area contributed by atoms with Crippen LogP contribution in [-0.2, 0) is 9.59 Å². The minimum absolute atomic E-state index is 0.185. The third-order valence-corrected chi connectivity index (χ3v) is 4.27. The molecule has 0 aromatic heterocycles. The summed E-state index contributed by atoms with van der Waals surface area (Å²) in [6, 6.07) is 4.43. The maximum Gasteiger partial charge on any atom is 0.233 e. The van der Waals surface area contributed by atoms with Crippen molar-refractivity contribution in [2.45, 2.75) is 25.8 Å². The van der Waals surface area contributed by atoms with E-state index in [4.69, 9.17) is 11.6 Å². The van der Waals surface area contributed by atoms with Crippen LogP contribution in [0.2, 0.25) is 5.02 Å². The average Bonchev–Trinajstić information content (AvgIpc) is 2.76. The monoisotopic (exact) mass is 277 g/mol. The lowest BCUT2D eigenvalue weighted by Gasteiger charge is -2.18. The van der Waals surface area contributed by atoms with E-state index in [1.165, 1.54) is 6.92 Å². The van der Waals surface area contributed by atoms with Crippen molar-refractivity contribution < 1.29 is 14.4 Å². The summed E-state index contributed by atoms with van der Waals surface area (Å²) < 4.78 is 0. The summed E-state index contributed by atoms with van der Waals surface area (Å²) in [4.78, 5) is 37.3. The lowest BCUT2D eigenvalue weighted by atomic mass is 9.90. The number of rotatable bonds is 0. The number of Topliss-reactive ketones (excluding diaryl/α,β-unsaturated/α-hetero) is 1. The molecule has 1 saturated heterocycles. The van der Waals surface area contributed by atoms with Crippen molar-refractivity contribution >= 4 is 29.2 Å². The highest BCUT2D eigenvalue weighted by Gasteiger charge is 2.56. The number of carbonyl (C=O) groups is 3. The van der Waals surface area contributed by atoms with Crippen LogP contribution in [0.1, 0.15) is 35.7 Å². The van der Waals surface area contributed by atoms with E-state index in [0.717, 1.165) is 10.5 Å². The lowest BCUT2D eigenvalue weighted by Crippen LogP contribution is -2.41.